The molecule has 0 bridgehead atoms. The molecule has 1 saturated carbocycles. The summed E-state index contributed by atoms with van der Waals surface area (Å²) in [6.45, 7) is 7.57. The van der Waals surface area contributed by atoms with Gasteiger partial charge in [0.25, 0.3) is 0 Å². The second kappa shape index (κ2) is 9.50. The zero-order chi connectivity index (χ0) is 16.5. The SMILES string of the molecule is CCNC(=NCc1ccc(C)c(F)c1)NCCCOCC1CC1. The maximum atomic E-state index is 13.5. The minimum atomic E-state index is -0.177. The molecule has 0 radical (unpaired) electrons. The molecule has 0 spiro atoms. The first-order valence-electron chi connectivity index (χ1n) is 8.54. The largest absolute Gasteiger partial charge is 0.381 e. The summed E-state index contributed by atoms with van der Waals surface area (Å²) in [5.74, 6) is 1.40. The topological polar surface area (TPSA) is 45.7 Å². The van der Waals surface area contributed by atoms with Crippen molar-refractivity contribution < 1.29 is 9.13 Å². The van der Waals surface area contributed by atoms with Crippen LogP contribution in [0.3, 0.4) is 0 Å². The Labute approximate surface area is 138 Å². The molecule has 1 aromatic rings. The van der Waals surface area contributed by atoms with Gasteiger partial charge in [0.05, 0.1) is 6.54 Å². The van der Waals surface area contributed by atoms with Crippen LogP contribution in [-0.2, 0) is 11.3 Å². The number of nitrogens with zero attached hydrogens (tertiary/aromatic N) is 1. The van der Waals surface area contributed by atoms with E-state index < -0.39 is 0 Å². The highest BCUT2D eigenvalue weighted by atomic mass is 19.1. The van der Waals surface area contributed by atoms with E-state index in [0.717, 1.165) is 50.2 Å². The van der Waals surface area contributed by atoms with Gasteiger partial charge in [-0.05, 0) is 56.2 Å². The van der Waals surface area contributed by atoms with Crippen molar-refractivity contribution in [1.82, 2.24) is 10.6 Å². The van der Waals surface area contributed by atoms with E-state index in [1.54, 1.807) is 19.1 Å². The quantitative estimate of drug-likeness (QED) is 0.417. The lowest BCUT2D eigenvalue weighted by Gasteiger charge is -2.11. The molecule has 0 amide bonds. The van der Waals surface area contributed by atoms with Crippen LogP contribution in [0.2, 0.25) is 0 Å². The summed E-state index contributed by atoms with van der Waals surface area (Å²) in [6, 6.07) is 5.25. The van der Waals surface area contributed by atoms with Gasteiger partial charge in [-0.3, -0.25) is 0 Å². The Bertz CT molecular complexity index is 515. The molecule has 0 aromatic heterocycles. The van der Waals surface area contributed by atoms with Gasteiger partial charge in [0.15, 0.2) is 5.96 Å². The lowest BCUT2D eigenvalue weighted by molar-refractivity contribution is 0.123. The molecule has 1 aliphatic carbocycles. The first-order chi connectivity index (χ1) is 11.2. The maximum absolute atomic E-state index is 13.5. The molecule has 1 aromatic carbocycles. The van der Waals surface area contributed by atoms with Gasteiger partial charge in [0, 0.05) is 26.3 Å². The van der Waals surface area contributed by atoms with Crippen LogP contribution in [-0.4, -0.2) is 32.3 Å². The van der Waals surface area contributed by atoms with E-state index in [2.05, 4.69) is 15.6 Å². The number of aryl methyl sites for hydroxylation is 1. The molecular weight excluding hydrogens is 293 g/mol. The number of nitrogens with one attached hydrogen (secondary N) is 2. The number of rotatable bonds is 9. The molecule has 23 heavy (non-hydrogen) atoms. The van der Waals surface area contributed by atoms with Crippen molar-refractivity contribution in [2.45, 2.75) is 39.7 Å². The average molecular weight is 321 g/mol. The summed E-state index contributed by atoms with van der Waals surface area (Å²) in [5.41, 5.74) is 1.53. The third-order valence-corrected chi connectivity index (χ3v) is 3.81. The first kappa shape index (κ1) is 17.7. The Morgan fingerprint density at radius 3 is 2.87 bits per heavy atom. The summed E-state index contributed by atoms with van der Waals surface area (Å²) in [4.78, 5) is 4.50. The lowest BCUT2D eigenvalue weighted by Crippen LogP contribution is -2.38. The summed E-state index contributed by atoms with van der Waals surface area (Å²) in [6.07, 6.45) is 3.61. The van der Waals surface area contributed by atoms with Crippen molar-refractivity contribution in [3.8, 4) is 0 Å². The molecule has 128 valence electrons. The molecule has 0 heterocycles. The Hall–Kier alpha value is -1.62. The third-order valence-electron chi connectivity index (χ3n) is 3.81. The molecule has 2 N–H and O–H groups in total. The fraction of sp³-hybridized carbons (Fsp3) is 0.611. The van der Waals surface area contributed by atoms with Gasteiger partial charge in [0.1, 0.15) is 5.82 Å². The van der Waals surface area contributed by atoms with E-state index in [-0.39, 0.29) is 5.82 Å². The van der Waals surface area contributed by atoms with Gasteiger partial charge in [-0.2, -0.15) is 0 Å². The molecule has 0 atom stereocenters. The average Bonchev–Trinajstić information content (AvgIpc) is 3.35. The smallest absolute Gasteiger partial charge is 0.191 e. The van der Waals surface area contributed by atoms with Crippen LogP contribution in [0.15, 0.2) is 23.2 Å². The minimum absolute atomic E-state index is 0.177. The van der Waals surface area contributed by atoms with Crippen LogP contribution in [0.25, 0.3) is 0 Å². The van der Waals surface area contributed by atoms with Crippen molar-refractivity contribution in [3.05, 3.63) is 35.1 Å². The Morgan fingerprint density at radius 1 is 1.35 bits per heavy atom. The predicted molar refractivity (Wildman–Crippen MR) is 92.1 cm³/mol. The van der Waals surface area contributed by atoms with Crippen LogP contribution in [0.4, 0.5) is 4.39 Å². The number of guanidine groups is 1. The number of halogens is 1. The fourth-order valence-corrected chi connectivity index (χ4v) is 2.16. The number of ether oxygens (including phenoxy) is 1. The maximum Gasteiger partial charge on any atom is 0.191 e. The zero-order valence-electron chi connectivity index (χ0n) is 14.2. The van der Waals surface area contributed by atoms with E-state index in [9.17, 15) is 4.39 Å². The molecule has 1 aliphatic rings. The summed E-state index contributed by atoms with van der Waals surface area (Å²) in [7, 11) is 0. The van der Waals surface area contributed by atoms with Crippen LogP contribution in [0.1, 0.15) is 37.3 Å². The van der Waals surface area contributed by atoms with Crippen molar-refractivity contribution in [1.29, 1.82) is 0 Å². The van der Waals surface area contributed by atoms with Crippen molar-refractivity contribution >= 4 is 5.96 Å². The second-order valence-corrected chi connectivity index (χ2v) is 6.08. The van der Waals surface area contributed by atoms with Crippen LogP contribution >= 0.6 is 0 Å². The Balaban J connectivity index is 1.71. The monoisotopic (exact) mass is 321 g/mol. The van der Waals surface area contributed by atoms with E-state index in [0.29, 0.717) is 12.1 Å². The van der Waals surface area contributed by atoms with Crippen molar-refractivity contribution in [3.63, 3.8) is 0 Å². The highest BCUT2D eigenvalue weighted by molar-refractivity contribution is 5.79. The summed E-state index contributed by atoms with van der Waals surface area (Å²) >= 11 is 0. The third kappa shape index (κ3) is 6.99. The van der Waals surface area contributed by atoms with Gasteiger partial charge in [-0.1, -0.05) is 12.1 Å². The van der Waals surface area contributed by atoms with E-state index in [1.807, 2.05) is 13.0 Å². The summed E-state index contributed by atoms with van der Waals surface area (Å²) < 4.78 is 19.2. The van der Waals surface area contributed by atoms with Crippen LogP contribution < -0.4 is 10.6 Å². The predicted octanol–water partition coefficient (Wildman–Crippen LogP) is 3.01. The van der Waals surface area contributed by atoms with E-state index >= 15 is 0 Å². The number of aliphatic imine (C=N–C) groups is 1. The van der Waals surface area contributed by atoms with Gasteiger partial charge >= 0.3 is 0 Å². The summed E-state index contributed by atoms with van der Waals surface area (Å²) in [5, 5.41) is 6.49. The first-order valence-corrected chi connectivity index (χ1v) is 8.54. The normalized spacial score (nSPS) is 14.8. The molecule has 4 nitrogen and oxygen atoms in total. The molecule has 2 rings (SSSR count). The van der Waals surface area contributed by atoms with Gasteiger partial charge in [-0.25, -0.2) is 9.38 Å². The Morgan fingerprint density at radius 2 is 2.17 bits per heavy atom. The number of hydrogen-bond donors (Lipinski definition) is 2. The molecular formula is C18H28FN3O. The number of hydrogen-bond acceptors (Lipinski definition) is 2. The molecule has 5 heteroatoms. The number of benzene rings is 1. The fourth-order valence-electron chi connectivity index (χ4n) is 2.16. The van der Waals surface area contributed by atoms with Crippen LogP contribution in [0, 0.1) is 18.7 Å². The highest BCUT2D eigenvalue weighted by Crippen LogP contribution is 2.28. The van der Waals surface area contributed by atoms with E-state index in [1.165, 1.54) is 12.8 Å². The second-order valence-electron chi connectivity index (χ2n) is 6.08. The molecule has 0 aliphatic heterocycles. The minimum Gasteiger partial charge on any atom is -0.381 e. The van der Waals surface area contributed by atoms with Gasteiger partial charge in [-0.15, -0.1) is 0 Å². The van der Waals surface area contributed by atoms with Gasteiger partial charge < -0.3 is 15.4 Å². The molecule has 0 unspecified atom stereocenters. The lowest BCUT2D eigenvalue weighted by atomic mass is 10.1. The molecule has 1 fully saturated rings. The Kier molecular flexibility index (Phi) is 7.33. The van der Waals surface area contributed by atoms with Crippen molar-refractivity contribution in [2.75, 3.05) is 26.3 Å². The molecule has 0 saturated heterocycles. The standard InChI is InChI=1S/C18H28FN3O/c1-3-20-18(21-9-4-10-23-13-15-7-8-15)22-12-16-6-5-14(2)17(19)11-16/h5-6,11,15H,3-4,7-10,12-13H2,1-2H3,(H2,20,21,22). The zero-order valence-corrected chi connectivity index (χ0v) is 14.2. The van der Waals surface area contributed by atoms with Crippen molar-refractivity contribution in [2.24, 2.45) is 10.9 Å². The highest BCUT2D eigenvalue weighted by Gasteiger charge is 2.20. The van der Waals surface area contributed by atoms with E-state index in [4.69, 9.17) is 4.74 Å². The van der Waals surface area contributed by atoms with Gasteiger partial charge in [0.2, 0.25) is 0 Å². The van der Waals surface area contributed by atoms with Crippen LogP contribution in [0.5, 0.6) is 0 Å².